The van der Waals surface area contributed by atoms with Gasteiger partial charge in [-0.25, -0.2) is 9.97 Å². The molecule has 17 heavy (non-hydrogen) atoms. The topological polar surface area (TPSA) is 66.9 Å². The number of aromatic nitrogens is 2. The van der Waals surface area contributed by atoms with Gasteiger partial charge in [0.15, 0.2) is 0 Å². The summed E-state index contributed by atoms with van der Waals surface area (Å²) in [6, 6.07) is 1.89. The number of anilines is 2. The Morgan fingerprint density at radius 2 is 1.88 bits per heavy atom. The van der Waals surface area contributed by atoms with Crippen molar-refractivity contribution >= 4 is 22.4 Å². The van der Waals surface area contributed by atoms with E-state index in [1.54, 1.807) is 6.26 Å². The van der Waals surface area contributed by atoms with Gasteiger partial charge < -0.3 is 10.6 Å². The van der Waals surface area contributed by atoms with Crippen LogP contribution in [-0.2, 0) is 10.8 Å². The standard InChI is InChI=1S/C11H20N4OS/c1-3-5-12-10-8-11(15-9-14-10)13-6-4-7-17(2)16/h8-9H,3-7H2,1-2H3,(H2,12,13,14,15). The Morgan fingerprint density at radius 1 is 1.24 bits per heavy atom. The molecule has 0 bridgehead atoms. The average molecular weight is 256 g/mol. The summed E-state index contributed by atoms with van der Waals surface area (Å²) in [4.78, 5) is 8.25. The Labute approximate surface area is 105 Å². The van der Waals surface area contributed by atoms with E-state index in [1.807, 2.05) is 6.07 Å². The Hall–Kier alpha value is -1.17. The van der Waals surface area contributed by atoms with E-state index >= 15 is 0 Å². The van der Waals surface area contributed by atoms with E-state index in [0.717, 1.165) is 43.3 Å². The van der Waals surface area contributed by atoms with Crippen molar-refractivity contribution < 1.29 is 4.21 Å². The van der Waals surface area contributed by atoms with Crippen molar-refractivity contribution in [1.82, 2.24) is 9.97 Å². The van der Waals surface area contributed by atoms with Gasteiger partial charge in [-0.2, -0.15) is 0 Å². The van der Waals surface area contributed by atoms with Crippen molar-refractivity contribution in [2.75, 3.05) is 35.7 Å². The van der Waals surface area contributed by atoms with Gasteiger partial charge in [0.2, 0.25) is 0 Å². The molecule has 0 saturated heterocycles. The summed E-state index contributed by atoms with van der Waals surface area (Å²) in [7, 11) is -0.717. The van der Waals surface area contributed by atoms with Crippen LogP contribution in [0.5, 0.6) is 0 Å². The third-order valence-corrected chi connectivity index (χ3v) is 3.00. The van der Waals surface area contributed by atoms with Crippen molar-refractivity contribution in [2.45, 2.75) is 19.8 Å². The van der Waals surface area contributed by atoms with Crippen molar-refractivity contribution in [3.05, 3.63) is 12.4 Å². The second-order valence-electron chi connectivity index (χ2n) is 3.77. The zero-order chi connectivity index (χ0) is 12.5. The van der Waals surface area contributed by atoms with Gasteiger partial charge in [-0.15, -0.1) is 0 Å². The number of nitrogens with zero attached hydrogens (tertiary/aromatic N) is 2. The van der Waals surface area contributed by atoms with E-state index < -0.39 is 10.8 Å². The summed E-state index contributed by atoms with van der Waals surface area (Å²) in [6.45, 7) is 3.80. The van der Waals surface area contributed by atoms with Gasteiger partial charge in [0, 0.05) is 42.0 Å². The molecule has 0 amide bonds. The summed E-state index contributed by atoms with van der Waals surface area (Å²) in [5.74, 6) is 2.36. The summed E-state index contributed by atoms with van der Waals surface area (Å²) < 4.78 is 10.9. The minimum absolute atomic E-state index is 0.717. The van der Waals surface area contributed by atoms with Crippen LogP contribution in [0, 0.1) is 0 Å². The first kappa shape index (κ1) is 13.9. The van der Waals surface area contributed by atoms with E-state index in [9.17, 15) is 4.21 Å². The molecule has 2 N–H and O–H groups in total. The first-order valence-electron chi connectivity index (χ1n) is 5.82. The zero-order valence-electron chi connectivity index (χ0n) is 10.4. The average Bonchev–Trinajstić information content (AvgIpc) is 2.32. The van der Waals surface area contributed by atoms with E-state index in [2.05, 4.69) is 27.5 Å². The molecule has 1 aromatic heterocycles. The molecule has 0 aromatic carbocycles. The molecule has 0 radical (unpaired) electrons. The molecule has 0 aliphatic carbocycles. The molecule has 5 nitrogen and oxygen atoms in total. The molecule has 1 rings (SSSR count). The highest BCUT2D eigenvalue weighted by molar-refractivity contribution is 7.84. The fourth-order valence-electron chi connectivity index (χ4n) is 1.30. The molecule has 0 aliphatic heterocycles. The predicted molar refractivity (Wildman–Crippen MR) is 72.9 cm³/mol. The van der Waals surface area contributed by atoms with Crippen LogP contribution in [0.1, 0.15) is 19.8 Å². The van der Waals surface area contributed by atoms with Crippen LogP contribution in [0.15, 0.2) is 12.4 Å². The number of hydrogen-bond donors (Lipinski definition) is 2. The Kier molecular flexibility index (Phi) is 6.54. The number of hydrogen-bond acceptors (Lipinski definition) is 5. The second-order valence-corrected chi connectivity index (χ2v) is 5.33. The molecule has 0 saturated carbocycles. The Balaban J connectivity index is 2.34. The monoisotopic (exact) mass is 256 g/mol. The molecular formula is C11H20N4OS. The van der Waals surface area contributed by atoms with E-state index in [1.165, 1.54) is 6.33 Å². The zero-order valence-corrected chi connectivity index (χ0v) is 11.2. The van der Waals surface area contributed by atoms with Gasteiger partial charge in [0.25, 0.3) is 0 Å². The highest BCUT2D eigenvalue weighted by Gasteiger charge is 1.98. The number of nitrogens with one attached hydrogen (secondary N) is 2. The van der Waals surface area contributed by atoms with E-state index in [4.69, 9.17) is 0 Å². The maximum absolute atomic E-state index is 10.9. The quantitative estimate of drug-likeness (QED) is 0.690. The fourth-order valence-corrected chi connectivity index (χ4v) is 1.85. The minimum atomic E-state index is -0.717. The molecule has 1 unspecified atom stereocenters. The lowest BCUT2D eigenvalue weighted by Crippen LogP contribution is -2.08. The van der Waals surface area contributed by atoms with Gasteiger partial charge in [-0.3, -0.25) is 4.21 Å². The molecule has 1 aromatic rings. The van der Waals surface area contributed by atoms with Crippen LogP contribution in [0.2, 0.25) is 0 Å². The smallest absolute Gasteiger partial charge is 0.131 e. The van der Waals surface area contributed by atoms with Crippen molar-refractivity contribution in [1.29, 1.82) is 0 Å². The van der Waals surface area contributed by atoms with Gasteiger partial charge in [-0.05, 0) is 12.8 Å². The fraction of sp³-hybridized carbons (Fsp3) is 0.636. The van der Waals surface area contributed by atoms with Crippen molar-refractivity contribution in [3.63, 3.8) is 0 Å². The largest absolute Gasteiger partial charge is 0.370 e. The van der Waals surface area contributed by atoms with Crippen LogP contribution in [0.4, 0.5) is 11.6 Å². The highest BCUT2D eigenvalue weighted by Crippen LogP contribution is 2.08. The molecule has 96 valence electrons. The van der Waals surface area contributed by atoms with Crippen LogP contribution in [-0.4, -0.2) is 39.3 Å². The molecule has 0 spiro atoms. The maximum Gasteiger partial charge on any atom is 0.131 e. The summed E-state index contributed by atoms with van der Waals surface area (Å²) >= 11 is 0. The molecular weight excluding hydrogens is 236 g/mol. The molecule has 0 aliphatic rings. The Bertz CT molecular complexity index is 359. The van der Waals surface area contributed by atoms with Crippen LogP contribution >= 0.6 is 0 Å². The SMILES string of the molecule is CCCNc1cc(NCCCS(C)=O)ncn1. The summed E-state index contributed by atoms with van der Waals surface area (Å²) in [6.07, 6.45) is 5.20. The van der Waals surface area contributed by atoms with E-state index in [0.29, 0.717) is 0 Å². The van der Waals surface area contributed by atoms with Gasteiger partial charge in [-0.1, -0.05) is 6.92 Å². The van der Waals surface area contributed by atoms with Crippen LogP contribution < -0.4 is 10.6 Å². The Morgan fingerprint density at radius 3 is 2.47 bits per heavy atom. The number of rotatable bonds is 8. The van der Waals surface area contributed by atoms with E-state index in [-0.39, 0.29) is 0 Å². The third-order valence-electron chi connectivity index (χ3n) is 2.14. The summed E-state index contributed by atoms with van der Waals surface area (Å²) in [5.41, 5.74) is 0. The van der Waals surface area contributed by atoms with Crippen LogP contribution in [0.3, 0.4) is 0 Å². The molecule has 0 fully saturated rings. The summed E-state index contributed by atoms with van der Waals surface area (Å²) in [5, 5.41) is 6.39. The lowest BCUT2D eigenvalue weighted by atomic mass is 10.4. The molecule has 1 atom stereocenters. The van der Waals surface area contributed by atoms with Gasteiger partial charge in [0.1, 0.15) is 18.0 Å². The molecule has 1 heterocycles. The second kappa shape index (κ2) is 8.00. The van der Waals surface area contributed by atoms with Gasteiger partial charge >= 0.3 is 0 Å². The third kappa shape index (κ3) is 6.21. The normalized spacial score (nSPS) is 12.1. The highest BCUT2D eigenvalue weighted by atomic mass is 32.2. The lowest BCUT2D eigenvalue weighted by molar-refractivity contribution is 0.685. The van der Waals surface area contributed by atoms with Crippen molar-refractivity contribution in [3.8, 4) is 0 Å². The first-order chi connectivity index (χ1) is 8.22. The molecule has 6 heteroatoms. The van der Waals surface area contributed by atoms with Gasteiger partial charge in [0.05, 0.1) is 0 Å². The van der Waals surface area contributed by atoms with Crippen molar-refractivity contribution in [2.24, 2.45) is 0 Å². The van der Waals surface area contributed by atoms with Crippen LogP contribution in [0.25, 0.3) is 0 Å². The minimum Gasteiger partial charge on any atom is -0.370 e. The maximum atomic E-state index is 10.9. The predicted octanol–water partition coefficient (Wildman–Crippen LogP) is 1.48. The lowest BCUT2D eigenvalue weighted by Gasteiger charge is -2.07. The first-order valence-corrected chi connectivity index (χ1v) is 7.55.